The van der Waals surface area contributed by atoms with Crippen LogP contribution in [0.1, 0.15) is 57.6 Å². The van der Waals surface area contributed by atoms with Crippen molar-refractivity contribution in [3.63, 3.8) is 0 Å². The normalized spacial score (nSPS) is 9.00. The summed E-state index contributed by atoms with van der Waals surface area (Å²) in [4.78, 5) is 10.8. The number of halogens is 1. The van der Waals surface area contributed by atoms with Crippen molar-refractivity contribution in [3.8, 4) is 11.1 Å². The van der Waals surface area contributed by atoms with Gasteiger partial charge in [-0.3, -0.25) is 4.79 Å². The van der Waals surface area contributed by atoms with Crippen LogP contribution in [0.2, 0.25) is 0 Å². The number of esters is 1. The molecule has 0 aliphatic carbocycles. The number of rotatable bonds is 8. The number of hydrogen-bond donors (Lipinski definition) is 0. The van der Waals surface area contributed by atoms with Crippen molar-refractivity contribution >= 4 is 24.5 Å². The van der Waals surface area contributed by atoms with Gasteiger partial charge in [-0.1, -0.05) is 94.8 Å². The summed E-state index contributed by atoms with van der Waals surface area (Å²) in [6.45, 7) is 12.2. The van der Waals surface area contributed by atoms with Gasteiger partial charge in [0.2, 0.25) is 0 Å². The number of ether oxygens (including phenoxy) is 2. The topological polar surface area (TPSA) is 35.5 Å². The summed E-state index contributed by atoms with van der Waals surface area (Å²) < 4.78 is 9.25. The third kappa shape index (κ3) is 12.1. The van der Waals surface area contributed by atoms with Gasteiger partial charge in [-0.25, -0.2) is 0 Å². The Labute approximate surface area is 183 Å². The van der Waals surface area contributed by atoms with Gasteiger partial charge in [0.05, 0.1) is 0 Å². The number of benzene rings is 2. The fourth-order valence-electron chi connectivity index (χ4n) is 2.51. The van der Waals surface area contributed by atoms with Gasteiger partial charge in [0.15, 0.2) is 6.79 Å². The van der Waals surface area contributed by atoms with Gasteiger partial charge in [0.1, 0.15) is 0 Å². The maximum Gasteiger partial charge on any atom is 0.307 e. The Balaban J connectivity index is 0. The van der Waals surface area contributed by atoms with E-state index in [4.69, 9.17) is 0 Å². The fraction of sp³-hybridized carbons (Fsp3) is 0.400. The number of carbonyl (C=O) groups is 1. The molecular formula is C25H37ClO3. The van der Waals surface area contributed by atoms with Gasteiger partial charge in [-0.15, -0.1) is 12.4 Å². The zero-order valence-corrected chi connectivity index (χ0v) is 19.4. The van der Waals surface area contributed by atoms with Crippen molar-refractivity contribution in [3.05, 3.63) is 66.2 Å². The van der Waals surface area contributed by atoms with E-state index >= 15 is 0 Å². The van der Waals surface area contributed by atoms with Crippen LogP contribution in [0.5, 0.6) is 0 Å². The molecule has 2 rings (SSSR count). The van der Waals surface area contributed by atoms with Crippen molar-refractivity contribution in [1.82, 2.24) is 0 Å². The number of carbonyl (C=O) groups excluding carboxylic acids is 1. The smallest absolute Gasteiger partial charge is 0.307 e. The first kappa shape index (κ1) is 29.1. The first-order valence-corrected chi connectivity index (χ1v) is 10.1. The van der Waals surface area contributed by atoms with Crippen molar-refractivity contribution < 1.29 is 14.3 Å². The third-order valence-electron chi connectivity index (χ3n) is 3.94. The predicted octanol–water partition coefficient (Wildman–Crippen LogP) is 7.47. The molecule has 0 aromatic heterocycles. The first-order chi connectivity index (χ1) is 13.6. The summed E-state index contributed by atoms with van der Waals surface area (Å²) in [5.74, 6) is -0.166. The van der Waals surface area contributed by atoms with Crippen molar-refractivity contribution in [2.24, 2.45) is 0 Å². The van der Waals surface area contributed by atoms with Crippen LogP contribution in [0.15, 0.2) is 55.1 Å². The highest BCUT2D eigenvalue weighted by Crippen LogP contribution is 2.26. The second-order valence-electron chi connectivity index (χ2n) is 5.99. The lowest BCUT2D eigenvalue weighted by atomic mass is 9.96. The summed E-state index contributed by atoms with van der Waals surface area (Å²) in [7, 11) is 1.50. The zero-order valence-electron chi connectivity index (χ0n) is 18.6. The summed E-state index contributed by atoms with van der Waals surface area (Å²) in [6.07, 6.45) is 5.54. The average Bonchev–Trinajstić information content (AvgIpc) is 2.75. The van der Waals surface area contributed by atoms with Crippen molar-refractivity contribution in [1.29, 1.82) is 0 Å². The molecule has 0 saturated carbocycles. The minimum absolute atomic E-state index is 0. The summed E-state index contributed by atoms with van der Waals surface area (Å²) in [6, 6.07) is 16.8. The van der Waals surface area contributed by atoms with Gasteiger partial charge in [-0.05, 0) is 35.6 Å². The molecule has 2 aromatic carbocycles. The monoisotopic (exact) mass is 420 g/mol. The molecule has 0 heterocycles. The van der Waals surface area contributed by atoms with E-state index in [0.29, 0.717) is 6.42 Å². The molecule has 29 heavy (non-hydrogen) atoms. The first-order valence-electron chi connectivity index (χ1n) is 10.1. The summed E-state index contributed by atoms with van der Waals surface area (Å²) in [5, 5.41) is 0. The molecular weight excluding hydrogens is 384 g/mol. The fourth-order valence-corrected chi connectivity index (χ4v) is 2.51. The lowest BCUT2D eigenvalue weighted by molar-refractivity contribution is -0.154. The Morgan fingerprint density at radius 3 is 2.14 bits per heavy atom. The summed E-state index contributed by atoms with van der Waals surface area (Å²) in [5.41, 5.74) is 5.03. The molecule has 0 spiro atoms. The Hall–Kier alpha value is -2.10. The zero-order chi connectivity index (χ0) is 21.2. The molecule has 0 saturated heterocycles. The number of methoxy groups -OCH3 is 1. The molecule has 0 amide bonds. The number of unbranched alkanes of at least 4 members (excludes halogenated alkanes) is 2. The molecule has 0 N–H and O–H groups in total. The molecule has 0 radical (unpaired) electrons. The highest BCUT2D eigenvalue weighted by Gasteiger charge is 2.03. The van der Waals surface area contributed by atoms with E-state index in [1.54, 1.807) is 0 Å². The standard InChI is InChI=1S/C15H14.C8H16O3.C2H6.ClH/c1-3-13-9-5-7-11-15(13)14-10-6-4-8-12(14)2;1-3-4-5-6-8(9)11-7-10-2;1-2;/h3-11H,1H2,2H3;3-7H2,1-2H3;1-2H3;1H. The average molecular weight is 421 g/mol. The minimum Gasteiger partial charge on any atom is -0.438 e. The molecule has 3 nitrogen and oxygen atoms in total. The molecule has 0 bridgehead atoms. The highest BCUT2D eigenvalue weighted by atomic mass is 35.5. The highest BCUT2D eigenvalue weighted by molar-refractivity contribution is 5.85. The lowest BCUT2D eigenvalue weighted by Crippen LogP contribution is -2.06. The van der Waals surface area contributed by atoms with Crippen LogP contribution in [0, 0.1) is 6.92 Å². The van der Waals surface area contributed by atoms with E-state index in [2.05, 4.69) is 72.4 Å². The minimum atomic E-state index is -0.166. The molecule has 4 heteroatoms. The Morgan fingerprint density at radius 2 is 1.59 bits per heavy atom. The van der Waals surface area contributed by atoms with Gasteiger partial charge >= 0.3 is 5.97 Å². The predicted molar refractivity (Wildman–Crippen MR) is 127 cm³/mol. The van der Waals surface area contributed by atoms with Crippen molar-refractivity contribution in [2.75, 3.05) is 13.9 Å². The Morgan fingerprint density at radius 1 is 1.00 bits per heavy atom. The van der Waals surface area contributed by atoms with Crippen LogP contribution < -0.4 is 0 Å². The maximum atomic E-state index is 10.8. The van der Waals surface area contributed by atoms with Crippen LogP contribution in [-0.2, 0) is 14.3 Å². The largest absolute Gasteiger partial charge is 0.438 e. The van der Waals surface area contributed by atoms with E-state index in [1.165, 1.54) is 29.4 Å². The molecule has 2 aromatic rings. The Bertz CT molecular complexity index is 683. The van der Waals surface area contributed by atoms with Crippen LogP contribution in [0.4, 0.5) is 0 Å². The molecule has 0 aliphatic heterocycles. The van der Waals surface area contributed by atoms with Gasteiger partial charge in [0.25, 0.3) is 0 Å². The third-order valence-corrected chi connectivity index (χ3v) is 3.94. The van der Waals surface area contributed by atoms with Crippen LogP contribution in [-0.4, -0.2) is 19.9 Å². The molecule has 162 valence electrons. The van der Waals surface area contributed by atoms with Gasteiger partial charge in [-0.2, -0.15) is 0 Å². The maximum absolute atomic E-state index is 10.8. The van der Waals surface area contributed by atoms with E-state index in [1.807, 2.05) is 26.0 Å². The van der Waals surface area contributed by atoms with Gasteiger partial charge < -0.3 is 9.47 Å². The van der Waals surface area contributed by atoms with E-state index in [9.17, 15) is 4.79 Å². The van der Waals surface area contributed by atoms with E-state index < -0.39 is 0 Å². The van der Waals surface area contributed by atoms with Crippen LogP contribution >= 0.6 is 12.4 Å². The van der Waals surface area contributed by atoms with Gasteiger partial charge in [0, 0.05) is 13.5 Å². The van der Waals surface area contributed by atoms with Crippen LogP contribution in [0.25, 0.3) is 17.2 Å². The van der Waals surface area contributed by atoms with Crippen LogP contribution in [0.3, 0.4) is 0 Å². The second-order valence-corrected chi connectivity index (χ2v) is 5.99. The molecule has 0 aliphatic rings. The van der Waals surface area contributed by atoms with E-state index in [-0.39, 0.29) is 25.2 Å². The quantitative estimate of drug-likeness (QED) is 0.252. The van der Waals surface area contributed by atoms with E-state index in [0.717, 1.165) is 19.3 Å². The van der Waals surface area contributed by atoms with Crippen molar-refractivity contribution in [2.45, 2.75) is 53.4 Å². The summed E-state index contributed by atoms with van der Waals surface area (Å²) >= 11 is 0. The molecule has 0 unspecified atom stereocenters. The SMILES string of the molecule is C=Cc1ccccc1-c1ccccc1C.CC.CCCCCC(=O)OCOC.Cl. The lowest BCUT2D eigenvalue weighted by Gasteiger charge is -2.08. The second kappa shape index (κ2) is 19.2. The molecule has 0 atom stereocenters. The Kier molecular flexibility index (Phi) is 19.3. The number of aryl methyl sites for hydroxylation is 1. The molecule has 0 fully saturated rings. The number of hydrogen-bond acceptors (Lipinski definition) is 3.